The predicted molar refractivity (Wildman–Crippen MR) is 251 cm³/mol. The molecule has 0 aliphatic rings. The highest BCUT2D eigenvalue weighted by Crippen LogP contribution is 2.12. The summed E-state index contributed by atoms with van der Waals surface area (Å²) in [6, 6.07) is 0. The van der Waals surface area contributed by atoms with Gasteiger partial charge in [-0.3, -0.25) is 14.4 Å². The van der Waals surface area contributed by atoms with Crippen LogP contribution in [0.1, 0.15) is 201 Å². The second kappa shape index (κ2) is 47.0. The van der Waals surface area contributed by atoms with Crippen molar-refractivity contribution in [2.75, 3.05) is 13.2 Å². The summed E-state index contributed by atoms with van der Waals surface area (Å²) in [5.41, 5.74) is 0. The van der Waals surface area contributed by atoms with E-state index in [0.29, 0.717) is 19.3 Å². The van der Waals surface area contributed by atoms with E-state index in [4.69, 9.17) is 14.2 Å². The van der Waals surface area contributed by atoms with Crippen molar-refractivity contribution in [3.05, 3.63) is 97.2 Å². The van der Waals surface area contributed by atoms with Crippen LogP contribution in [-0.2, 0) is 28.6 Å². The Morgan fingerprint density at radius 3 is 1.14 bits per heavy atom. The lowest BCUT2D eigenvalue weighted by atomic mass is 10.1. The molecule has 0 radical (unpaired) electrons. The molecule has 334 valence electrons. The molecule has 0 heterocycles. The summed E-state index contributed by atoms with van der Waals surface area (Å²) in [6.07, 6.45) is 61.1. The number of esters is 3. The Kier molecular flexibility index (Phi) is 44.1. The van der Waals surface area contributed by atoms with Crippen LogP contribution < -0.4 is 0 Å². The molecule has 0 bridgehead atoms. The van der Waals surface area contributed by atoms with Crippen LogP contribution >= 0.6 is 0 Å². The fourth-order valence-corrected chi connectivity index (χ4v) is 5.96. The normalized spacial score (nSPS) is 12.9. The van der Waals surface area contributed by atoms with Gasteiger partial charge in [0.05, 0.1) is 0 Å². The number of carbonyl (C=O) groups excluding carboxylic acids is 3. The molecule has 6 heteroatoms. The van der Waals surface area contributed by atoms with E-state index in [-0.39, 0.29) is 37.5 Å². The van der Waals surface area contributed by atoms with Gasteiger partial charge >= 0.3 is 17.9 Å². The van der Waals surface area contributed by atoms with Gasteiger partial charge in [-0.25, -0.2) is 0 Å². The molecule has 0 saturated heterocycles. The van der Waals surface area contributed by atoms with Gasteiger partial charge < -0.3 is 14.2 Å². The van der Waals surface area contributed by atoms with Crippen LogP contribution in [0.15, 0.2) is 97.2 Å². The highest BCUT2D eigenvalue weighted by molar-refractivity contribution is 5.71. The third kappa shape index (κ3) is 45.3. The first-order chi connectivity index (χ1) is 29.0. The maximum Gasteiger partial charge on any atom is 0.306 e. The highest BCUT2D eigenvalue weighted by atomic mass is 16.6. The third-order valence-electron chi connectivity index (χ3n) is 9.56. The molecule has 1 atom stereocenters. The van der Waals surface area contributed by atoms with Gasteiger partial charge in [0.15, 0.2) is 6.10 Å². The van der Waals surface area contributed by atoms with Crippen molar-refractivity contribution in [2.45, 2.75) is 207 Å². The number of hydrogen-bond donors (Lipinski definition) is 0. The molecule has 0 fully saturated rings. The van der Waals surface area contributed by atoms with Crippen LogP contribution in [-0.4, -0.2) is 37.2 Å². The maximum atomic E-state index is 12.7. The van der Waals surface area contributed by atoms with Crippen molar-refractivity contribution in [1.82, 2.24) is 0 Å². The molecule has 0 spiro atoms. The lowest BCUT2D eigenvalue weighted by Crippen LogP contribution is -2.30. The molecule has 0 aliphatic heterocycles. The Bertz CT molecular complexity index is 1220. The van der Waals surface area contributed by atoms with E-state index in [0.717, 1.165) is 116 Å². The topological polar surface area (TPSA) is 78.9 Å². The molecule has 59 heavy (non-hydrogen) atoms. The van der Waals surface area contributed by atoms with E-state index in [1.54, 1.807) is 0 Å². The van der Waals surface area contributed by atoms with Crippen LogP contribution in [0.5, 0.6) is 0 Å². The molecule has 0 N–H and O–H groups in total. The molecule has 0 aromatic carbocycles. The molecule has 0 aromatic rings. The SMILES string of the molecule is CC/C=C\C/C=C\C/C=C\C/C=C\CCC(=O)OCC(COC(=O)CCCCCCC/C=C\C/C=C\CCCC)OC(=O)CCCCCCC/C=C\C/C=C\CCCC. The average Bonchev–Trinajstić information content (AvgIpc) is 3.23. The molecule has 1 unspecified atom stereocenters. The quantitative estimate of drug-likeness (QED) is 0.0265. The first-order valence-electron chi connectivity index (χ1n) is 23.7. The monoisotopic (exact) mass is 819 g/mol. The predicted octanol–water partition coefficient (Wildman–Crippen LogP) is 15.4. The number of allylic oxidation sites excluding steroid dienone is 16. The van der Waals surface area contributed by atoms with Gasteiger partial charge in [0, 0.05) is 19.3 Å². The Labute approximate surface area is 362 Å². The largest absolute Gasteiger partial charge is 0.462 e. The smallest absolute Gasteiger partial charge is 0.306 e. The van der Waals surface area contributed by atoms with Gasteiger partial charge in [0.2, 0.25) is 0 Å². The zero-order chi connectivity index (χ0) is 43.0. The first kappa shape index (κ1) is 55.3. The minimum absolute atomic E-state index is 0.114. The van der Waals surface area contributed by atoms with E-state index in [2.05, 4.69) is 106 Å². The fraction of sp³-hybridized carbons (Fsp3) is 0.642. The molecule has 0 rings (SSSR count). The summed E-state index contributed by atoms with van der Waals surface area (Å²) in [5, 5.41) is 0. The Hall–Kier alpha value is -3.67. The molecular weight excluding hydrogens is 733 g/mol. The fourth-order valence-electron chi connectivity index (χ4n) is 5.96. The van der Waals surface area contributed by atoms with Crippen LogP contribution in [0.3, 0.4) is 0 Å². The molecule has 0 aromatic heterocycles. The number of rotatable bonds is 41. The van der Waals surface area contributed by atoms with Crippen molar-refractivity contribution in [3.8, 4) is 0 Å². The summed E-state index contributed by atoms with van der Waals surface area (Å²) >= 11 is 0. The molecule has 0 amide bonds. The van der Waals surface area contributed by atoms with Gasteiger partial charge in [0.1, 0.15) is 13.2 Å². The molecule has 6 nitrogen and oxygen atoms in total. The van der Waals surface area contributed by atoms with Crippen LogP contribution in [0, 0.1) is 0 Å². The minimum atomic E-state index is -0.819. The summed E-state index contributed by atoms with van der Waals surface area (Å²) in [6.45, 7) is 6.33. The standard InChI is InChI=1S/C53H86O6/c1-4-7-10-13-16-19-22-25-28-31-34-37-40-43-46-52(55)58-49-50(48-57-51(54)45-42-39-36-33-30-27-24-21-18-15-12-9-6-3)59-53(56)47-44-41-38-35-32-29-26-23-20-17-14-11-8-5-2/h9,12-14,16-18,21-23,25-27,30,36,39,50H,4-8,10-11,15,19-20,24,28-29,31-35,37-38,40-49H2,1-3H3/b12-9-,16-13-,17-14-,21-18-,25-22-,26-23-,30-27-,39-36-. The van der Waals surface area contributed by atoms with Crippen molar-refractivity contribution in [1.29, 1.82) is 0 Å². The summed E-state index contributed by atoms with van der Waals surface area (Å²) in [4.78, 5) is 37.8. The van der Waals surface area contributed by atoms with Gasteiger partial charge in [-0.2, -0.15) is 0 Å². The number of carbonyl (C=O) groups is 3. The van der Waals surface area contributed by atoms with Gasteiger partial charge in [-0.15, -0.1) is 0 Å². The van der Waals surface area contributed by atoms with Gasteiger partial charge in [0.25, 0.3) is 0 Å². The summed E-state index contributed by atoms with van der Waals surface area (Å²) < 4.78 is 16.6. The average molecular weight is 819 g/mol. The third-order valence-corrected chi connectivity index (χ3v) is 9.56. The second-order valence-corrected chi connectivity index (χ2v) is 15.3. The highest BCUT2D eigenvalue weighted by Gasteiger charge is 2.19. The number of unbranched alkanes of at least 4 members (excludes halogenated alkanes) is 14. The lowest BCUT2D eigenvalue weighted by Gasteiger charge is -2.18. The van der Waals surface area contributed by atoms with Crippen molar-refractivity contribution < 1.29 is 28.6 Å². The molecule has 0 aliphatic carbocycles. The number of hydrogen-bond acceptors (Lipinski definition) is 6. The number of ether oxygens (including phenoxy) is 3. The summed E-state index contributed by atoms with van der Waals surface area (Å²) in [7, 11) is 0. The van der Waals surface area contributed by atoms with Crippen LogP contribution in [0.25, 0.3) is 0 Å². The van der Waals surface area contributed by atoms with Crippen molar-refractivity contribution in [3.63, 3.8) is 0 Å². The summed E-state index contributed by atoms with van der Waals surface area (Å²) in [5.74, 6) is -1.03. The first-order valence-corrected chi connectivity index (χ1v) is 23.7. The van der Waals surface area contributed by atoms with E-state index < -0.39 is 6.10 Å². The van der Waals surface area contributed by atoms with Crippen LogP contribution in [0.4, 0.5) is 0 Å². The van der Waals surface area contributed by atoms with Crippen molar-refractivity contribution in [2.24, 2.45) is 0 Å². The van der Waals surface area contributed by atoms with Crippen LogP contribution in [0.2, 0.25) is 0 Å². The Morgan fingerprint density at radius 2 is 0.695 bits per heavy atom. The lowest BCUT2D eigenvalue weighted by molar-refractivity contribution is -0.166. The van der Waals surface area contributed by atoms with E-state index in [9.17, 15) is 14.4 Å². The Morgan fingerprint density at radius 1 is 0.356 bits per heavy atom. The maximum absolute atomic E-state index is 12.7. The van der Waals surface area contributed by atoms with E-state index in [1.165, 1.54) is 38.5 Å². The minimum Gasteiger partial charge on any atom is -0.462 e. The Balaban J connectivity index is 4.54. The molecular formula is C53H86O6. The zero-order valence-electron chi connectivity index (χ0n) is 38.0. The zero-order valence-corrected chi connectivity index (χ0v) is 38.0. The second-order valence-electron chi connectivity index (χ2n) is 15.3. The molecule has 0 saturated carbocycles. The van der Waals surface area contributed by atoms with E-state index in [1.807, 2.05) is 12.2 Å². The van der Waals surface area contributed by atoms with E-state index >= 15 is 0 Å². The van der Waals surface area contributed by atoms with Gasteiger partial charge in [-0.05, 0) is 96.3 Å². The van der Waals surface area contributed by atoms with Crippen molar-refractivity contribution >= 4 is 17.9 Å². The van der Waals surface area contributed by atoms with Gasteiger partial charge in [-0.1, -0.05) is 182 Å².